The second-order valence-corrected chi connectivity index (χ2v) is 10.2. The van der Waals surface area contributed by atoms with Crippen LogP contribution in [0.25, 0.3) is 38.5 Å². The van der Waals surface area contributed by atoms with Crippen LogP contribution >= 0.6 is 0 Å². The Bertz CT molecular complexity index is 1560. The Balaban J connectivity index is 1.27. The maximum atomic E-state index is 12.8. The third-order valence-electron chi connectivity index (χ3n) is 7.62. The van der Waals surface area contributed by atoms with Crippen LogP contribution in [0.5, 0.6) is 0 Å². The van der Waals surface area contributed by atoms with Gasteiger partial charge in [-0.15, -0.1) is 0 Å². The third kappa shape index (κ3) is 5.08. The molecule has 0 radical (unpaired) electrons. The number of rotatable bonds is 5. The summed E-state index contributed by atoms with van der Waals surface area (Å²) in [6.07, 6.45) is 9.43. The van der Waals surface area contributed by atoms with Gasteiger partial charge in [-0.05, 0) is 90.5 Å². The van der Waals surface area contributed by atoms with Crippen molar-refractivity contribution in [3.8, 4) is 11.1 Å². The zero-order chi connectivity index (χ0) is 25.2. The van der Waals surface area contributed by atoms with Crippen LogP contribution in [-0.4, -0.2) is 30.3 Å². The SMILES string of the molecule is N/C(=C\N=C\[C@@H]1CCCN1)c1ccc2cc(-c3ccc4c(=O)cc(C5CCCCN5)[nH]c4c3)ccc2c1. The maximum absolute atomic E-state index is 12.8. The van der Waals surface area contributed by atoms with Crippen molar-refractivity contribution in [2.75, 3.05) is 13.1 Å². The first-order chi connectivity index (χ1) is 18.1. The number of aromatic nitrogens is 1. The highest BCUT2D eigenvalue weighted by atomic mass is 16.1. The molecule has 3 heterocycles. The molecule has 6 rings (SSSR count). The number of H-pyrrole nitrogens is 1. The molecule has 6 nitrogen and oxygen atoms in total. The van der Waals surface area contributed by atoms with E-state index in [-0.39, 0.29) is 11.5 Å². The number of nitrogens with zero attached hydrogens (tertiary/aromatic N) is 1. The van der Waals surface area contributed by atoms with E-state index in [0.29, 0.717) is 11.7 Å². The standard InChI is InChI=1S/C31H33N5O/c32-27(19-33-18-25-4-3-13-34-25)24-9-8-20-14-21(6-7-22(20)15-24)23-10-11-26-29(16-23)36-30(17-31(26)37)28-5-1-2-12-35-28/h6-11,14-19,25,28,34-35H,1-5,12-13,32H2,(H,36,37)/b27-19-,33-18+/t25-,28?/m0/s1. The highest BCUT2D eigenvalue weighted by molar-refractivity contribution is 5.91. The second-order valence-electron chi connectivity index (χ2n) is 10.2. The molecule has 4 aromatic rings. The van der Waals surface area contributed by atoms with E-state index in [2.05, 4.69) is 57.0 Å². The van der Waals surface area contributed by atoms with Gasteiger partial charge in [0.15, 0.2) is 5.43 Å². The molecule has 0 bridgehead atoms. The van der Waals surface area contributed by atoms with Crippen molar-refractivity contribution in [2.45, 2.75) is 44.2 Å². The number of hydrogen-bond acceptors (Lipinski definition) is 5. The molecule has 1 aromatic heterocycles. The lowest BCUT2D eigenvalue weighted by Crippen LogP contribution is -2.28. The average Bonchev–Trinajstić information content (AvgIpc) is 3.46. The number of nitrogens with two attached hydrogens (primary N) is 1. The average molecular weight is 492 g/mol. The summed E-state index contributed by atoms with van der Waals surface area (Å²) in [5.41, 5.74) is 12.1. The summed E-state index contributed by atoms with van der Waals surface area (Å²) in [6.45, 7) is 2.05. The van der Waals surface area contributed by atoms with E-state index in [1.165, 1.54) is 19.3 Å². The van der Waals surface area contributed by atoms with Gasteiger partial charge in [-0.3, -0.25) is 9.79 Å². The number of fused-ring (bicyclic) bond motifs is 2. The van der Waals surface area contributed by atoms with Crippen LogP contribution in [0.2, 0.25) is 0 Å². The Morgan fingerprint density at radius 2 is 1.68 bits per heavy atom. The van der Waals surface area contributed by atoms with Crippen molar-refractivity contribution in [2.24, 2.45) is 10.7 Å². The molecular formula is C31H33N5O. The largest absolute Gasteiger partial charge is 0.397 e. The Labute approximate surface area is 216 Å². The minimum atomic E-state index is 0.0724. The summed E-state index contributed by atoms with van der Waals surface area (Å²) in [6, 6.07) is 21.1. The normalized spacial score (nSPS) is 20.8. The summed E-state index contributed by atoms with van der Waals surface area (Å²) in [5, 5.41) is 9.93. The smallest absolute Gasteiger partial charge is 0.189 e. The molecule has 188 valence electrons. The molecule has 3 aromatic carbocycles. The summed E-state index contributed by atoms with van der Waals surface area (Å²) in [5.74, 6) is 0. The number of pyridine rings is 1. The summed E-state index contributed by atoms with van der Waals surface area (Å²) < 4.78 is 0. The van der Waals surface area contributed by atoms with Crippen LogP contribution in [0.15, 0.2) is 76.7 Å². The first-order valence-corrected chi connectivity index (χ1v) is 13.3. The van der Waals surface area contributed by atoms with Gasteiger partial charge >= 0.3 is 0 Å². The lowest BCUT2D eigenvalue weighted by Gasteiger charge is -2.23. The van der Waals surface area contributed by atoms with Crippen LogP contribution in [0.1, 0.15) is 49.4 Å². The van der Waals surface area contributed by atoms with Gasteiger partial charge in [0.1, 0.15) is 0 Å². The fourth-order valence-electron chi connectivity index (χ4n) is 5.50. The number of aromatic amines is 1. The fraction of sp³-hybridized carbons (Fsp3) is 0.290. The van der Waals surface area contributed by atoms with Crippen LogP contribution in [-0.2, 0) is 0 Å². The van der Waals surface area contributed by atoms with Crippen LogP contribution in [0, 0.1) is 0 Å². The Morgan fingerprint density at radius 3 is 2.51 bits per heavy atom. The zero-order valence-corrected chi connectivity index (χ0v) is 21.0. The molecule has 0 spiro atoms. The van der Waals surface area contributed by atoms with Gasteiger partial charge in [-0.25, -0.2) is 0 Å². The van der Waals surface area contributed by atoms with E-state index >= 15 is 0 Å². The van der Waals surface area contributed by atoms with Gasteiger partial charge in [0.2, 0.25) is 0 Å². The predicted octanol–water partition coefficient (Wildman–Crippen LogP) is 5.24. The van der Waals surface area contributed by atoms with E-state index in [1.54, 1.807) is 12.3 Å². The lowest BCUT2D eigenvalue weighted by molar-refractivity contribution is 0.406. The number of aliphatic imine (C=N–C) groups is 1. The molecule has 2 fully saturated rings. The molecule has 2 saturated heterocycles. The van der Waals surface area contributed by atoms with Crippen molar-refractivity contribution in [3.63, 3.8) is 0 Å². The van der Waals surface area contributed by atoms with Gasteiger partial charge in [-0.1, -0.05) is 36.8 Å². The molecule has 2 aliphatic rings. The van der Waals surface area contributed by atoms with E-state index in [9.17, 15) is 4.79 Å². The van der Waals surface area contributed by atoms with Gasteiger partial charge in [-0.2, -0.15) is 0 Å². The number of piperidine rings is 1. The first kappa shape index (κ1) is 23.6. The molecule has 0 saturated carbocycles. The Kier molecular flexibility index (Phi) is 6.60. The minimum Gasteiger partial charge on any atom is -0.397 e. The van der Waals surface area contributed by atoms with Gasteiger partial charge in [0.25, 0.3) is 0 Å². The molecule has 1 unspecified atom stereocenters. The summed E-state index contributed by atoms with van der Waals surface area (Å²) >= 11 is 0. The Hall–Kier alpha value is -3.74. The van der Waals surface area contributed by atoms with Crippen molar-refractivity contribution < 1.29 is 0 Å². The topological polar surface area (TPSA) is 95.3 Å². The third-order valence-corrected chi connectivity index (χ3v) is 7.62. The van der Waals surface area contributed by atoms with Crippen molar-refractivity contribution in [1.29, 1.82) is 0 Å². The minimum absolute atomic E-state index is 0.0724. The van der Waals surface area contributed by atoms with Crippen LogP contribution in [0.4, 0.5) is 0 Å². The van der Waals surface area contributed by atoms with Gasteiger partial charge in [0.05, 0.1) is 17.4 Å². The van der Waals surface area contributed by atoms with Gasteiger partial charge < -0.3 is 21.4 Å². The lowest BCUT2D eigenvalue weighted by atomic mass is 9.97. The molecule has 2 atom stereocenters. The molecule has 37 heavy (non-hydrogen) atoms. The predicted molar refractivity (Wildman–Crippen MR) is 154 cm³/mol. The van der Waals surface area contributed by atoms with Crippen LogP contribution in [0.3, 0.4) is 0 Å². The summed E-state index contributed by atoms with van der Waals surface area (Å²) in [4.78, 5) is 20.8. The van der Waals surface area contributed by atoms with E-state index in [0.717, 1.165) is 70.0 Å². The quantitative estimate of drug-likeness (QED) is 0.287. The monoisotopic (exact) mass is 491 g/mol. The van der Waals surface area contributed by atoms with Gasteiger partial charge in [0, 0.05) is 35.4 Å². The van der Waals surface area contributed by atoms with E-state index in [4.69, 9.17) is 5.73 Å². The summed E-state index contributed by atoms with van der Waals surface area (Å²) in [7, 11) is 0. The first-order valence-electron chi connectivity index (χ1n) is 13.3. The Morgan fingerprint density at radius 1 is 0.865 bits per heavy atom. The van der Waals surface area contributed by atoms with Crippen molar-refractivity contribution >= 4 is 33.6 Å². The molecule has 5 N–H and O–H groups in total. The molecule has 2 aliphatic heterocycles. The van der Waals surface area contributed by atoms with E-state index in [1.807, 2.05) is 24.4 Å². The zero-order valence-electron chi connectivity index (χ0n) is 21.0. The fourth-order valence-corrected chi connectivity index (χ4v) is 5.50. The highest BCUT2D eigenvalue weighted by Crippen LogP contribution is 2.29. The van der Waals surface area contributed by atoms with Crippen molar-refractivity contribution in [3.05, 3.63) is 88.3 Å². The maximum Gasteiger partial charge on any atom is 0.189 e. The van der Waals surface area contributed by atoms with Crippen molar-refractivity contribution in [1.82, 2.24) is 15.6 Å². The number of hydrogen-bond donors (Lipinski definition) is 4. The number of nitrogens with one attached hydrogen (secondary N) is 3. The number of benzene rings is 3. The molecule has 0 amide bonds. The molecular weight excluding hydrogens is 458 g/mol. The molecule has 6 heteroatoms. The highest BCUT2D eigenvalue weighted by Gasteiger charge is 2.17. The van der Waals surface area contributed by atoms with Crippen LogP contribution < -0.4 is 21.8 Å². The molecule has 0 aliphatic carbocycles. The second kappa shape index (κ2) is 10.3. The van der Waals surface area contributed by atoms with E-state index < -0.39 is 0 Å².